The van der Waals surface area contributed by atoms with E-state index in [0.717, 1.165) is 42.0 Å². The second kappa shape index (κ2) is 8.48. The van der Waals surface area contributed by atoms with Gasteiger partial charge in [0.1, 0.15) is 5.75 Å². The van der Waals surface area contributed by atoms with Gasteiger partial charge in [-0.2, -0.15) is 0 Å². The summed E-state index contributed by atoms with van der Waals surface area (Å²) in [6.07, 6.45) is 0. The van der Waals surface area contributed by atoms with Gasteiger partial charge in [-0.25, -0.2) is 0 Å². The van der Waals surface area contributed by atoms with Crippen LogP contribution in [-0.2, 0) is 16.8 Å². The average molecular weight is 449 g/mol. The lowest BCUT2D eigenvalue weighted by Crippen LogP contribution is -2.67. The molecular formula is C26H32N4O3. The number of fused-ring (bicyclic) bond motifs is 4. The van der Waals surface area contributed by atoms with E-state index < -0.39 is 0 Å². The summed E-state index contributed by atoms with van der Waals surface area (Å²) in [5.41, 5.74) is 4.32. The van der Waals surface area contributed by atoms with Crippen molar-refractivity contribution in [3.8, 4) is 5.75 Å². The number of rotatable bonds is 6. The van der Waals surface area contributed by atoms with E-state index in [2.05, 4.69) is 40.2 Å². The molecule has 2 N–H and O–H groups in total. The van der Waals surface area contributed by atoms with Gasteiger partial charge in [0.25, 0.3) is 0 Å². The number of aliphatic hydroxyl groups excluding tert-OH is 1. The van der Waals surface area contributed by atoms with E-state index in [-0.39, 0.29) is 24.0 Å². The van der Waals surface area contributed by atoms with Crippen molar-refractivity contribution in [1.82, 2.24) is 19.7 Å². The standard InChI is InChI=1S/C26H32N4O3/c1-28(2)13-23(32)30-17-26(15-29(16-26)12-18-7-5-4-6-8-18)24-20-10-9-19(33-3)11-21(20)27-25(24)22(30)14-31/h4-11,22,27,31H,12-17H2,1-3H3/t22-/m1/s1. The minimum atomic E-state index is -0.375. The zero-order valence-electron chi connectivity index (χ0n) is 19.5. The van der Waals surface area contributed by atoms with E-state index in [1.807, 2.05) is 42.1 Å². The highest BCUT2D eigenvalue weighted by Gasteiger charge is 2.53. The number of H-pyrrole nitrogens is 1. The zero-order chi connectivity index (χ0) is 23.2. The molecule has 1 saturated heterocycles. The van der Waals surface area contributed by atoms with Gasteiger partial charge in [0.2, 0.25) is 5.91 Å². The summed E-state index contributed by atoms with van der Waals surface area (Å²) in [5, 5.41) is 11.5. The number of likely N-dealkylation sites (tertiary alicyclic amines) is 1. The smallest absolute Gasteiger partial charge is 0.237 e. The number of hydrogen-bond donors (Lipinski definition) is 2. The Morgan fingerprint density at radius 2 is 1.94 bits per heavy atom. The minimum absolute atomic E-state index is 0.0434. The summed E-state index contributed by atoms with van der Waals surface area (Å²) >= 11 is 0. The van der Waals surface area contributed by atoms with Crippen molar-refractivity contribution in [3.05, 3.63) is 65.4 Å². The number of aromatic nitrogens is 1. The summed E-state index contributed by atoms with van der Waals surface area (Å²) in [7, 11) is 5.46. The number of likely N-dealkylation sites (N-methyl/N-ethyl adjacent to an activating group) is 1. The Hall–Kier alpha value is -2.87. The number of amides is 1. The van der Waals surface area contributed by atoms with Crippen LogP contribution < -0.4 is 4.74 Å². The predicted molar refractivity (Wildman–Crippen MR) is 128 cm³/mol. The molecule has 7 heteroatoms. The van der Waals surface area contributed by atoms with Crippen LogP contribution in [0.15, 0.2) is 48.5 Å². The highest BCUT2D eigenvalue weighted by Crippen LogP contribution is 2.48. The first-order chi connectivity index (χ1) is 15.9. The Morgan fingerprint density at radius 3 is 2.61 bits per heavy atom. The van der Waals surface area contributed by atoms with Gasteiger partial charge in [0, 0.05) is 54.3 Å². The van der Waals surface area contributed by atoms with E-state index in [1.54, 1.807) is 7.11 Å². The van der Waals surface area contributed by atoms with E-state index in [0.29, 0.717) is 13.1 Å². The molecule has 1 spiro atoms. The van der Waals surface area contributed by atoms with E-state index in [4.69, 9.17) is 4.74 Å². The fourth-order valence-corrected chi connectivity index (χ4v) is 5.65. The number of aromatic amines is 1. The number of nitrogens with zero attached hydrogens (tertiary/aromatic N) is 3. The monoisotopic (exact) mass is 448 g/mol. The highest BCUT2D eigenvalue weighted by atomic mass is 16.5. The first kappa shape index (κ1) is 21.9. The van der Waals surface area contributed by atoms with Gasteiger partial charge in [-0.3, -0.25) is 9.69 Å². The van der Waals surface area contributed by atoms with Crippen LogP contribution in [0.1, 0.15) is 22.9 Å². The van der Waals surface area contributed by atoms with Gasteiger partial charge in [0.15, 0.2) is 0 Å². The van der Waals surface area contributed by atoms with Crippen LogP contribution in [0.25, 0.3) is 10.9 Å². The maximum Gasteiger partial charge on any atom is 0.237 e. The van der Waals surface area contributed by atoms with Gasteiger partial charge in [-0.05, 0) is 37.4 Å². The second-order valence-electron chi connectivity index (χ2n) is 9.69. The number of carbonyl (C=O) groups is 1. The van der Waals surface area contributed by atoms with Crippen molar-refractivity contribution >= 4 is 16.8 Å². The summed E-state index contributed by atoms with van der Waals surface area (Å²) < 4.78 is 5.44. The maximum absolute atomic E-state index is 13.2. The maximum atomic E-state index is 13.2. The van der Waals surface area contributed by atoms with Crippen molar-refractivity contribution in [2.75, 3.05) is 54.0 Å². The molecule has 2 aliphatic rings. The molecule has 0 radical (unpaired) electrons. The molecule has 7 nitrogen and oxygen atoms in total. The molecule has 3 aromatic rings. The van der Waals surface area contributed by atoms with Crippen LogP contribution in [0.2, 0.25) is 0 Å². The Bertz CT molecular complexity index is 1150. The lowest BCUT2D eigenvalue weighted by atomic mass is 9.68. The number of aliphatic hydroxyl groups is 1. The third kappa shape index (κ3) is 3.80. The van der Waals surface area contributed by atoms with Gasteiger partial charge in [-0.15, -0.1) is 0 Å². The molecule has 0 saturated carbocycles. The summed E-state index contributed by atoms with van der Waals surface area (Å²) in [6, 6.07) is 16.2. The first-order valence-electron chi connectivity index (χ1n) is 11.5. The largest absolute Gasteiger partial charge is 0.497 e. The third-order valence-corrected chi connectivity index (χ3v) is 6.99. The van der Waals surface area contributed by atoms with Gasteiger partial charge in [-0.1, -0.05) is 30.3 Å². The molecule has 1 amide bonds. The van der Waals surface area contributed by atoms with Gasteiger partial charge in [0.05, 0.1) is 26.3 Å². The van der Waals surface area contributed by atoms with E-state index in [9.17, 15) is 9.90 Å². The summed E-state index contributed by atoms with van der Waals surface area (Å²) in [6.45, 7) is 3.46. The van der Waals surface area contributed by atoms with Crippen LogP contribution in [0.4, 0.5) is 0 Å². The number of nitrogens with one attached hydrogen (secondary N) is 1. The molecule has 0 bridgehead atoms. The minimum Gasteiger partial charge on any atom is -0.497 e. The Labute approximate surface area is 194 Å². The molecule has 174 valence electrons. The number of benzene rings is 2. The number of carbonyl (C=O) groups excluding carboxylic acids is 1. The first-order valence-corrected chi connectivity index (χ1v) is 11.5. The predicted octanol–water partition coefficient (Wildman–Crippen LogP) is 2.37. The van der Waals surface area contributed by atoms with Crippen LogP contribution in [0.3, 0.4) is 0 Å². The molecule has 2 aromatic carbocycles. The Kier molecular flexibility index (Phi) is 5.64. The molecule has 33 heavy (non-hydrogen) atoms. The van der Waals surface area contributed by atoms with Crippen molar-refractivity contribution in [2.24, 2.45) is 0 Å². The normalized spacial score (nSPS) is 19.7. The zero-order valence-corrected chi connectivity index (χ0v) is 19.5. The van der Waals surface area contributed by atoms with Gasteiger partial charge >= 0.3 is 0 Å². The quantitative estimate of drug-likeness (QED) is 0.606. The van der Waals surface area contributed by atoms with Crippen LogP contribution in [0.5, 0.6) is 5.75 Å². The van der Waals surface area contributed by atoms with Crippen molar-refractivity contribution < 1.29 is 14.6 Å². The molecule has 0 unspecified atom stereocenters. The van der Waals surface area contributed by atoms with Gasteiger partial charge < -0.3 is 24.6 Å². The Balaban J connectivity index is 1.55. The lowest BCUT2D eigenvalue weighted by Gasteiger charge is -2.56. The van der Waals surface area contributed by atoms with Crippen molar-refractivity contribution in [1.29, 1.82) is 0 Å². The van der Waals surface area contributed by atoms with Crippen LogP contribution >= 0.6 is 0 Å². The average Bonchev–Trinajstić information content (AvgIpc) is 3.17. The molecule has 1 fully saturated rings. The van der Waals surface area contributed by atoms with E-state index >= 15 is 0 Å². The highest BCUT2D eigenvalue weighted by molar-refractivity contribution is 5.89. The van der Waals surface area contributed by atoms with E-state index in [1.165, 1.54) is 11.1 Å². The van der Waals surface area contributed by atoms with Crippen LogP contribution in [0, 0.1) is 0 Å². The third-order valence-electron chi connectivity index (χ3n) is 6.99. The number of methoxy groups -OCH3 is 1. The Morgan fingerprint density at radius 1 is 1.18 bits per heavy atom. The number of ether oxygens (including phenoxy) is 1. The second-order valence-corrected chi connectivity index (χ2v) is 9.69. The molecule has 0 aliphatic carbocycles. The topological polar surface area (TPSA) is 72.0 Å². The lowest BCUT2D eigenvalue weighted by molar-refractivity contribution is -0.139. The molecule has 2 aliphatic heterocycles. The molecule has 3 heterocycles. The SMILES string of the molecule is COc1ccc2c3c([nH]c2c1)[C@@H](CO)N(C(=O)CN(C)C)CC31CN(Cc2ccccc2)C1. The molecule has 5 rings (SSSR count). The molecular weight excluding hydrogens is 416 g/mol. The van der Waals surface area contributed by atoms with Crippen LogP contribution in [-0.4, -0.2) is 84.7 Å². The summed E-state index contributed by atoms with van der Waals surface area (Å²) in [5.74, 6) is 0.831. The fourth-order valence-electron chi connectivity index (χ4n) is 5.65. The molecule has 1 aromatic heterocycles. The molecule has 1 atom stereocenters. The van der Waals surface area contributed by atoms with Crippen molar-refractivity contribution in [3.63, 3.8) is 0 Å². The van der Waals surface area contributed by atoms with Crippen molar-refractivity contribution in [2.45, 2.75) is 18.0 Å². The fraction of sp³-hybridized carbons (Fsp3) is 0.423. The number of hydrogen-bond acceptors (Lipinski definition) is 5. The summed E-state index contributed by atoms with van der Waals surface area (Å²) in [4.78, 5) is 23.0.